The van der Waals surface area contributed by atoms with E-state index in [2.05, 4.69) is 19.9 Å². The summed E-state index contributed by atoms with van der Waals surface area (Å²) in [5.74, 6) is -0.0448. The third-order valence-corrected chi connectivity index (χ3v) is 2.43. The summed E-state index contributed by atoms with van der Waals surface area (Å²) in [6.07, 6.45) is 5.79. The molecule has 0 saturated carbocycles. The van der Waals surface area contributed by atoms with Crippen molar-refractivity contribution >= 4 is 5.78 Å². The second-order valence-corrected chi connectivity index (χ2v) is 4.34. The van der Waals surface area contributed by atoms with Crippen LogP contribution in [0.15, 0.2) is 23.3 Å². The van der Waals surface area contributed by atoms with E-state index in [1.165, 1.54) is 25.4 Å². The van der Waals surface area contributed by atoms with Crippen LogP contribution in [-0.2, 0) is 14.3 Å². The van der Waals surface area contributed by atoms with Crippen molar-refractivity contribution in [3.05, 3.63) is 23.3 Å². The molecular weight excluding hydrogens is 216 g/mol. The zero-order chi connectivity index (χ0) is 13.3. The molecule has 0 unspecified atom stereocenters. The van der Waals surface area contributed by atoms with Crippen LogP contribution >= 0.6 is 0 Å². The molecule has 0 amide bonds. The third kappa shape index (κ3) is 7.88. The molecule has 0 aliphatic heterocycles. The summed E-state index contributed by atoms with van der Waals surface area (Å²) in [5, 5.41) is 0. The Hall–Kier alpha value is -0.930. The molecule has 0 heterocycles. The van der Waals surface area contributed by atoms with Crippen LogP contribution in [0, 0.1) is 0 Å². The fourth-order valence-electron chi connectivity index (χ4n) is 1.42. The highest BCUT2D eigenvalue weighted by Crippen LogP contribution is 2.09. The summed E-state index contributed by atoms with van der Waals surface area (Å²) in [6.45, 7) is 6.22. The van der Waals surface area contributed by atoms with Gasteiger partial charge in [0, 0.05) is 20.6 Å². The lowest BCUT2D eigenvalue weighted by Crippen LogP contribution is -2.24. The molecule has 0 aliphatic carbocycles. The molecule has 3 heteroatoms. The van der Waals surface area contributed by atoms with E-state index in [9.17, 15) is 4.79 Å². The van der Waals surface area contributed by atoms with E-state index in [0.29, 0.717) is 6.42 Å². The molecule has 98 valence electrons. The molecule has 0 fully saturated rings. The van der Waals surface area contributed by atoms with Crippen LogP contribution in [0.5, 0.6) is 0 Å². The zero-order valence-corrected chi connectivity index (χ0v) is 11.6. The van der Waals surface area contributed by atoms with Gasteiger partial charge in [0.05, 0.1) is 0 Å². The van der Waals surface area contributed by atoms with Crippen LogP contribution < -0.4 is 0 Å². The molecule has 0 N–H and O–H groups in total. The highest BCUT2D eigenvalue weighted by molar-refractivity contribution is 5.83. The molecule has 0 aromatic rings. The summed E-state index contributed by atoms with van der Waals surface area (Å²) in [7, 11) is 2.94. The highest BCUT2D eigenvalue weighted by Gasteiger charge is 2.14. The first-order chi connectivity index (χ1) is 8.01. The minimum atomic E-state index is -0.739. The Morgan fingerprint density at radius 3 is 2.18 bits per heavy atom. The highest BCUT2D eigenvalue weighted by atomic mass is 16.7. The van der Waals surface area contributed by atoms with Gasteiger partial charge in [0.2, 0.25) is 6.29 Å². The maximum absolute atomic E-state index is 11.6. The summed E-state index contributed by atoms with van der Waals surface area (Å²) in [6, 6.07) is 0. The van der Waals surface area contributed by atoms with Gasteiger partial charge in [-0.05, 0) is 33.6 Å². The molecule has 17 heavy (non-hydrogen) atoms. The Morgan fingerprint density at radius 1 is 1.12 bits per heavy atom. The molecule has 0 bridgehead atoms. The van der Waals surface area contributed by atoms with Gasteiger partial charge in [-0.25, -0.2) is 0 Å². The SMILES string of the molecule is COC(OC)C(=O)CC=C(C)CCC=C(C)C. The Kier molecular flexibility index (Phi) is 8.64. The minimum Gasteiger partial charge on any atom is -0.349 e. The fourth-order valence-corrected chi connectivity index (χ4v) is 1.42. The molecule has 0 saturated heterocycles. The van der Waals surface area contributed by atoms with Gasteiger partial charge < -0.3 is 9.47 Å². The summed E-state index contributed by atoms with van der Waals surface area (Å²) in [4.78, 5) is 11.6. The minimum absolute atomic E-state index is 0.0448. The van der Waals surface area contributed by atoms with Crippen LogP contribution in [0.25, 0.3) is 0 Å². The molecule has 0 spiro atoms. The van der Waals surface area contributed by atoms with E-state index in [0.717, 1.165) is 12.8 Å². The predicted octanol–water partition coefficient (Wildman–Crippen LogP) is 3.26. The predicted molar refractivity (Wildman–Crippen MR) is 69.9 cm³/mol. The number of carbonyl (C=O) groups excluding carboxylic acids is 1. The lowest BCUT2D eigenvalue weighted by molar-refractivity contribution is -0.155. The maximum Gasteiger partial charge on any atom is 0.217 e. The Labute approximate surface area is 104 Å². The monoisotopic (exact) mass is 240 g/mol. The van der Waals surface area contributed by atoms with E-state index >= 15 is 0 Å². The van der Waals surface area contributed by atoms with Gasteiger partial charge in [-0.3, -0.25) is 4.79 Å². The molecule has 3 nitrogen and oxygen atoms in total. The first-order valence-corrected chi connectivity index (χ1v) is 5.88. The molecule has 0 atom stereocenters. The van der Waals surface area contributed by atoms with Gasteiger partial charge in [-0.2, -0.15) is 0 Å². The number of methoxy groups -OCH3 is 2. The summed E-state index contributed by atoms with van der Waals surface area (Å²) >= 11 is 0. The van der Waals surface area contributed by atoms with E-state index in [1.807, 2.05) is 13.0 Å². The largest absolute Gasteiger partial charge is 0.349 e. The van der Waals surface area contributed by atoms with Gasteiger partial charge in [0.15, 0.2) is 5.78 Å². The van der Waals surface area contributed by atoms with E-state index in [1.54, 1.807) is 0 Å². The Morgan fingerprint density at radius 2 is 1.71 bits per heavy atom. The number of ketones is 1. The molecule has 0 aromatic carbocycles. The van der Waals surface area contributed by atoms with Crippen LogP contribution in [0.2, 0.25) is 0 Å². The van der Waals surface area contributed by atoms with E-state index < -0.39 is 6.29 Å². The van der Waals surface area contributed by atoms with Crippen LogP contribution in [-0.4, -0.2) is 26.3 Å². The van der Waals surface area contributed by atoms with Crippen molar-refractivity contribution in [2.24, 2.45) is 0 Å². The topological polar surface area (TPSA) is 35.5 Å². The van der Waals surface area contributed by atoms with Crippen LogP contribution in [0.3, 0.4) is 0 Å². The summed E-state index contributed by atoms with van der Waals surface area (Å²) in [5.41, 5.74) is 2.55. The number of allylic oxidation sites excluding steroid dienone is 4. The lowest BCUT2D eigenvalue weighted by atomic mass is 10.1. The zero-order valence-electron chi connectivity index (χ0n) is 11.6. The second kappa shape index (κ2) is 9.14. The van der Waals surface area contributed by atoms with Gasteiger partial charge in [-0.1, -0.05) is 23.3 Å². The quantitative estimate of drug-likeness (QED) is 0.482. The number of hydrogen-bond donors (Lipinski definition) is 0. The van der Waals surface area contributed by atoms with Crippen molar-refractivity contribution in [2.45, 2.75) is 46.3 Å². The standard InChI is InChI=1S/C14H24O3/c1-11(2)7-6-8-12(3)9-10-13(15)14(16-4)17-5/h7,9,14H,6,8,10H2,1-5H3. The fraction of sp³-hybridized carbons (Fsp3) is 0.643. The number of rotatable bonds is 8. The Balaban J connectivity index is 4.05. The first kappa shape index (κ1) is 16.1. The van der Waals surface area contributed by atoms with Gasteiger partial charge in [0.1, 0.15) is 0 Å². The van der Waals surface area contributed by atoms with Crippen molar-refractivity contribution < 1.29 is 14.3 Å². The number of ether oxygens (including phenoxy) is 2. The molecule has 0 radical (unpaired) electrons. The lowest BCUT2D eigenvalue weighted by Gasteiger charge is -2.10. The van der Waals surface area contributed by atoms with E-state index in [4.69, 9.17) is 9.47 Å². The maximum atomic E-state index is 11.6. The van der Waals surface area contributed by atoms with Gasteiger partial charge in [0.25, 0.3) is 0 Å². The Bertz CT molecular complexity index is 282. The first-order valence-electron chi connectivity index (χ1n) is 5.88. The smallest absolute Gasteiger partial charge is 0.217 e. The average molecular weight is 240 g/mol. The van der Waals surface area contributed by atoms with Crippen molar-refractivity contribution in [3.8, 4) is 0 Å². The summed E-state index contributed by atoms with van der Waals surface area (Å²) < 4.78 is 9.79. The molecular formula is C14H24O3. The van der Waals surface area contributed by atoms with Crippen LogP contribution in [0.1, 0.15) is 40.0 Å². The van der Waals surface area contributed by atoms with Crippen molar-refractivity contribution in [3.63, 3.8) is 0 Å². The molecule has 0 aliphatic rings. The normalized spacial score (nSPS) is 11.8. The number of hydrogen-bond acceptors (Lipinski definition) is 3. The third-order valence-electron chi connectivity index (χ3n) is 2.43. The number of carbonyl (C=O) groups is 1. The molecule has 0 rings (SSSR count). The van der Waals surface area contributed by atoms with Gasteiger partial charge in [-0.15, -0.1) is 0 Å². The van der Waals surface area contributed by atoms with Crippen molar-refractivity contribution in [1.82, 2.24) is 0 Å². The van der Waals surface area contributed by atoms with Crippen molar-refractivity contribution in [1.29, 1.82) is 0 Å². The average Bonchev–Trinajstić information content (AvgIpc) is 2.27. The second-order valence-electron chi connectivity index (χ2n) is 4.34. The number of Topliss-reactive ketones (excluding diaryl/α,β-unsaturated/α-hetero) is 1. The van der Waals surface area contributed by atoms with Gasteiger partial charge >= 0.3 is 0 Å². The van der Waals surface area contributed by atoms with Crippen LogP contribution in [0.4, 0.5) is 0 Å². The molecule has 0 aromatic heterocycles. The van der Waals surface area contributed by atoms with E-state index in [-0.39, 0.29) is 5.78 Å². The van der Waals surface area contributed by atoms with Crippen molar-refractivity contribution in [2.75, 3.05) is 14.2 Å².